The zero-order valence-electron chi connectivity index (χ0n) is 60.5. The summed E-state index contributed by atoms with van der Waals surface area (Å²) >= 11 is 41.9. The molecule has 30 heteroatoms. The number of hydrogen-bond acceptors (Lipinski definition) is 19. The van der Waals surface area contributed by atoms with Crippen LogP contribution in [-0.2, 0) is 43.1 Å². The van der Waals surface area contributed by atoms with Crippen molar-refractivity contribution in [3.8, 4) is 33.8 Å². The van der Waals surface area contributed by atoms with Crippen LogP contribution >= 0.6 is 104 Å². The Morgan fingerprint density at radius 1 is 0.458 bits per heavy atom. The molecule has 3 fully saturated rings. The molecule has 3 aromatic heterocycles. The maximum absolute atomic E-state index is 13.2. The van der Waals surface area contributed by atoms with E-state index in [9.17, 15) is 33.9 Å². The molecule has 12 rings (SSSR count). The molecular weight excluding hydrogens is 1540 g/mol. The number of thiazole rings is 3. The molecule has 3 atom stereocenters. The van der Waals surface area contributed by atoms with Crippen molar-refractivity contribution in [1.82, 2.24) is 30.1 Å². The summed E-state index contributed by atoms with van der Waals surface area (Å²) in [6.45, 7) is 17.3. The van der Waals surface area contributed by atoms with Crippen LogP contribution in [0, 0.1) is 17.8 Å². The molecule has 0 aliphatic carbocycles. The van der Waals surface area contributed by atoms with Crippen LogP contribution in [0.3, 0.4) is 0 Å². The first-order chi connectivity index (χ1) is 50.2. The first kappa shape index (κ1) is 86.9. The Morgan fingerprint density at radius 3 is 1.11 bits per heavy atom. The fourth-order valence-corrected chi connectivity index (χ4v) is 16.7. The van der Waals surface area contributed by atoms with E-state index < -0.39 is 30.0 Å². The van der Waals surface area contributed by atoms with E-state index >= 15 is 0 Å². The third-order valence-corrected chi connectivity index (χ3v) is 22.6. The average Bonchev–Trinajstić information content (AvgIpc) is 1.68. The van der Waals surface area contributed by atoms with Crippen LogP contribution in [0.4, 0.5) is 15.4 Å². The maximum atomic E-state index is 13.2. The van der Waals surface area contributed by atoms with Gasteiger partial charge < -0.3 is 55.0 Å². The molecule has 0 spiro atoms. The summed E-state index contributed by atoms with van der Waals surface area (Å²) in [5.41, 5.74) is 6.75. The molecular formula is C77H82Cl6LiN9O11S3. The van der Waals surface area contributed by atoms with Gasteiger partial charge in [-0.05, 0) is 110 Å². The van der Waals surface area contributed by atoms with E-state index in [1.165, 1.54) is 24.0 Å². The van der Waals surface area contributed by atoms with E-state index in [0.29, 0.717) is 110 Å². The molecule has 3 saturated heterocycles. The number of nitrogens with zero attached hydrogens (tertiary/aromatic N) is 8. The van der Waals surface area contributed by atoms with Gasteiger partial charge in [0, 0.05) is 88.3 Å². The van der Waals surface area contributed by atoms with Gasteiger partial charge in [-0.25, -0.2) is 29.3 Å². The van der Waals surface area contributed by atoms with Gasteiger partial charge in [0.05, 0.1) is 80.1 Å². The molecule has 6 heterocycles. The first-order valence-electron chi connectivity index (χ1n) is 33.9. The van der Waals surface area contributed by atoms with Crippen molar-refractivity contribution >= 4 is 155 Å². The number of ether oxygens (including phenoxy) is 2. The van der Waals surface area contributed by atoms with E-state index in [4.69, 9.17) is 99.1 Å². The fourth-order valence-electron chi connectivity index (χ4n) is 11.8. The molecule has 107 heavy (non-hydrogen) atoms. The summed E-state index contributed by atoms with van der Waals surface area (Å²) in [6.07, 6.45) is 2.63. The number of nitrogens with one attached hydrogen (secondary N) is 1. The van der Waals surface area contributed by atoms with Crippen LogP contribution in [0.15, 0.2) is 146 Å². The van der Waals surface area contributed by atoms with Crippen molar-refractivity contribution < 1.29 is 72.8 Å². The molecule has 3 aliphatic rings. The number of amides is 2. The van der Waals surface area contributed by atoms with Gasteiger partial charge in [-0.3, -0.25) is 14.4 Å². The van der Waals surface area contributed by atoms with Crippen molar-refractivity contribution in [2.45, 2.75) is 78.9 Å². The van der Waals surface area contributed by atoms with Crippen LogP contribution in [0.25, 0.3) is 33.8 Å². The van der Waals surface area contributed by atoms with Gasteiger partial charge in [0.15, 0.2) is 15.4 Å². The predicted molar refractivity (Wildman–Crippen MR) is 426 cm³/mol. The van der Waals surface area contributed by atoms with E-state index in [0.717, 1.165) is 84.7 Å². The molecule has 3 aliphatic heterocycles. The van der Waals surface area contributed by atoms with Crippen LogP contribution < -0.4 is 38.9 Å². The first-order valence-corrected chi connectivity index (χ1v) is 38.7. The van der Waals surface area contributed by atoms with Gasteiger partial charge in [-0.2, -0.15) is 0 Å². The molecule has 9 aromatic rings. The Kier molecular flexibility index (Phi) is 33.2. The van der Waals surface area contributed by atoms with Crippen molar-refractivity contribution in [2.75, 3.05) is 87.8 Å². The Labute approximate surface area is 677 Å². The van der Waals surface area contributed by atoms with Crippen LogP contribution in [0.2, 0.25) is 30.1 Å². The number of esters is 2. The summed E-state index contributed by atoms with van der Waals surface area (Å²) in [5.74, 6) is -1.69. The molecule has 0 saturated carbocycles. The number of aliphatic carboxylic acids is 1. The fraction of sp³-hybridized carbons (Fsp3) is 0.338. The zero-order valence-corrected chi connectivity index (χ0v) is 67.5. The minimum atomic E-state index is -1.03. The van der Waals surface area contributed by atoms with E-state index in [2.05, 4.69) is 56.7 Å². The van der Waals surface area contributed by atoms with Crippen molar-refractivity contribution in [2.24, 2.45) is 17.8 Å². The number of piperazine rings is 3. The third kappa shape index (κ3) is 23.1. The van der Waals surface area contributed by atoms with Crippen molar-refractivity contribution in [3.63, 3.8) is 0 Å². The Balaban J connectivity index is 0.000000210. The largest absolute Gasteiger partial charge is 1.00 e. The molecule has 2 amide bonds. The van der Waals surface area contributed by atoms with Gasteiger partial charge in [0.2, 0.25) is 0 Å². The molecule has 20 nitrogen and oxygen atoms in total. The van der Waals surface area contributed by atoms with E-state index in [1.54, 1.807) is 124 Å². The molecule has 6 aromatic carbocycles. The Hall–Kier alpha value is -7.31. The topological polar surface area (TPSA) is 258 Å². The smallest absolute Gasteiger partial charge is 0.870 e. The van der Waals surface area contributed by atoms with Gasteiger partial charge in [0.25, 0.3) is 11.8 Å². The Morgan fingerprint density at radius 2 is 0.794 bits per heavy atom. The maximum Gasteiger partial charge on any atom is 1.00 e. The number of anilines is 3. The van der Waals surface area contributed by atoms with E-state index in [1.807, 2.05) is 65.6 Å². The van der Waals surface area contributed by atoms with Crippen LogP contribution in [0.5, 0.6) is 0 Å². The summed E-state index contributed by atoms with van der Waals surface area (Å²) in [7, 11) is 2.76. The second-order valence-electron chi connectivity index (χ2n) is 26.1. The molecule has 4 N–H and O–H groups in total. The number of aromatic carboxylic acids is 1. The molecule has 562 valence electrons. The number of carboxylic acid groups (broad SMARTS) is 2. The standard InChI is InChI=1S/C26H27Cl2N3O3S.C25H25Cl2N3O3S.C19H23Cl2N3O2S.C7H6O2.Li.H2O/c1-16(2)13-22-23(18-9-10-19(27)20(28)14-18)29-26(35-22)30-11-12-31(21(15-30)25(33)34-3)24(32)17-7-5-4-6-8-17;1-15(2)12-21-22(17-8-9-18(26)19(27)13-17)28-25(34-21)29-10-11-30(20(14-29)24(32)33)23(31)16-6-4-3-5-7-16;1-11(2)8-16-17(12-4-5-13(20)14(21)9-12)23-19(27-16)24-7-6-22-15(10-24)18(25)26-3;8-7(9)6-4-2-1-3-5-6;;/h4-10,14,16,21H,11-13,15H2,1-3H3;3-9,13,15,20H,10-12,14H2,1-2H3,(H,32,33);4-5,9,11,15,22H,6-8,10H2,1-3H3;1-5H,(H,8,9);;1H2/q;;;;+1;/p-1. The summed E-state index contributed by atoms with van der Waals surface area (Å²) < 4.78 is 9.94. The van der Waals surface area contributed by atoms with Gasteiger partial charge in [0.1, 0.15) is 18.1 Å². The number of carbonyl (C=O) groups is 6. The molecule has 3 unspecified atom stereocenters. The Bertz CT molecular complexity index is 4500. The minimum absolute atomic E-state index is 0. The number of aromatic nitrogens is 3. The summed E-state index contributed by atoms with van der Waals surface area (Å²) in [4.78, 5) is 101. The number of carboxylic acids is 2. The number of methoxy groups -OCH3 is 2. The second-order valence-corrected chi connectivity index (χ2v) is 31.8. The van der Waals surface area contributed by atoms with Gasteiger partial charge in [-0.15, -0.1) is 34.0 Å². The quantitative estimate of drug-likeness (QED) is 0.0533. The number of benzene rings is 6. The third-order valence-electron chi connectivity index (χ3n) is 17.0. The number of halogens is 6. The monoisotopic (exact) mass is 1620 g/mol. The van der Waals surface area contributed by atoms with Gasteiger partial charge >= 0.3 is 42.7 Å². The predicted octanol–water partition coefficient (Wildman–Crippen LogP) is 14.0. The normalized spacial score (nSPS) is 15.5. The SMILES string of the molecule is CC(C)Cc1sc(N2CCN(C(=O)c3ccccc3)C(C(=O)O)C2)nc1-c1ccc(Cl)c(Cl)c1.COC(=O)C1CN(c2nc(-c3ccc(Cl)c(Cl)c3)c(CC(C)C)s2)CCN1.COC(=O)C1CN(c2nc(-c3ccc(Cl)c(Cl)c3)c(CC(C)C)s2)CCN1C(=O)c1ccccc1.O=C(O)c1ccccc1.[Li+].[OH-]. The molecule has 0 bridgehead atoms. The van der Waals surface area contributed by atoms with Crippen molar-refractivity contribution in [1.29, 1.82) is 0 Å². The van der Waals surface area contributed by atoms with Crippen molar-refractivity contribution in [3.05, 3.63) is 207 Å². The van der Waals surface area contributed by atoms with Crippen LogP contribution in [0.1, 0.15) is 87.2 Å². The van der Waals surface area contributed by atoms with Gasteiger partial charge in [-0.1, -0.05) is 184 Å². The number of rotatable bonds is 18. The minimum Gasteiger partial charge on any atom is -0.870 e. The second kappa shape index (κ2) is 40.9. The number of carbonyl (C=O) groups excluding carboxylic acids is 4. The summed E-state index contributed by atoms with van der Waals surface area (Å²) in [5, 5.41) is 26.9. The van der Waals surface area contributed by atoms with E-state index in [-0.39, 0.29) is 54.7 Å². The zero-order chi connectivity index (χ0) is 75.8. The summed E-state index contributed by atoms with van der Waals surface area (Å²) in [6, 6.07) is 40.6. The van der Waals surface area contributed by atoms with Crippen LogP contribution in [-0.4, -0.2) is 167 Å². The number of hydrogen-bond donors (Lipinski definition) is 3. The average molecular weight is 1630 g/mol. The molecule has 0 radical (unpaired) electrons.